The molecular weight excluding hydrogens is 737 g/mol. The van der Waals surface area contributed by atoms with E-state index >= 15 is 0 Å². The first kappa shape index (κ1) is 43.7. The average Bonchev–Trinajstić information content (AvgIpc) is 3.26. The number of hydrogen-bond donors (Lipinski definition) is 2. The van der Waals surface area contributed by atoms with Crippen LogP contribution in [0.5, 0.6) is 11.5 Å². The minimum absolute atomic E-state index is 0.00570. The van der Waals surface area contributed by atoms with E-state index in [2.05, 4.69) is 152 Å². The average molecular weight is 807 g/mol. The van der Waals surface area contributed by atoms with Gasteiger partial charge in [0, 0.05) is 10.8 Å². The van der Waals surface area contributed by atoms with Crippen LogP contribution < -0.4 is 9.47 Å². The Morgan fingerprint density at radius 3 is 1.12 bits per heavy atom. The first-order chi connectivity index (χ1) is 28.6. The van der Waals surface area contributed by atoms with Crippen molar-refractivity contribution < 1.29 is 19.7 Å². The van der Waals surface area contributed by atoms with E-state index < -0.39 is 0 Å². The fraction of sp³-hybridized carbons (Fsp3) is 0.464. The molecule has 2 fully saturated rings. The van der Waals surface area contributed by atoms with Crippen LogP contribution in [0.15, 0.2) is 97.1 Å². The lowest BCUT2D eigenvalue weighted by atomic mass is 9.56. The summed E-state index contributed by atoms with van der Waals surface area (Å²) in [6.07, 6.45) is 8.88. The van der Waals surface area contributed by atoms with Crippen molar-refractivity contribution in [1.29, 1.82) is 0 Å². The van der Waals surface area contributed by atoms with Gasteiger partial charge in [0.2, 0.25) is 0 Å². The van der Waals surface area contributed by atoms with Gasteiger partial charge in [0.25, 0.3) is 0 Å². The van der Waals surface area contributed by atoms with Crippen LogP contribution in [-0.2, 0) is 34.9 Å². The van der Waals surface area contributed by atoms with Gasteiger partial charge >= 0.3 is 0 Å². The van der Waals surface area contributed by atoms with Gasteiger partial charge in [0.1, 0.15) is 11.5 Å². The largest absolute Gasteiger partial charge is 0.496 e. The molecule has 0 heterocycles. The van der Waals surface area contributed by atoms with Gasteiger partial charge in [-0.25, -0.2) is 0 Å². The number of aliphatic hydroxyl groups is 2. The molecule has 0 atom stereocenters. The summed E-state index contributed by atoms with van der Waals surface area (Å²) in [6, 6.07) is 36.7. The predicted octanol–water partition coefficient (Wildman–Crippen LogP) is 12.8. The van der Waals surface area contributed by atoms with Crippen LogP contribution in [0.2, 0.25) is 0 Å². The summed E-state index contributed by atoms with van der Waals surface area (Å²) in [5, 5.41) is 20.0. The smallest absolute Gasteiger partial charge is 0.121 e. The summed E-state index contributed by atoms with van der Waals surface area (Å²) in [6.45, 7) is 18.7. The van der Waals surface area contributed by atoms with Crippen LogP contribution in [0.4, 0.5) is 0 Å². The standard InChI is InChI=1S/C56H70O4/c1-37-30-47(16-14-41(37)35-57)55(48-17-15-42(36-58)38(2)31-48)26-22-43(23-27-55)53(5,6)45-12-11-13-46(34-45)54(7,8)44-24-28-56(29-25-44,49-18-20-51(59-9)39(3)32-49)50-19-21-52(60-10)40(4)33-50/h11-21,30-34,43-44,57-58H,22-29,35-36H2,1-10H3. The maximum absolute atomic E-state index is 9.99. The fourth-order valence-corrected chi connectivity index (χ4v) is 11.6. The zero-order valence-electron chi connectivity index (χ0n) is 38.2. The summed E-state index contributed by atoms with van der Waals surface area (Å²) < 4.78 is 11.4. The zero-order valence-corrected chi connectivity index (χ0v) is 38.2. The van der Waals surface area contributed by atoms with Gasteiger partial charge in [0.15, 0.2) is 0 Å². The molecular formula is C56H70O4. The summed E-state index contributed by atoms with van der Waals surface area (Å²) in [5.41, 5.74) is 14.8. The van der Waals surface area contributed by atoms with Crippen molar-refractivity contribution in [3.63, 3.8) is 0 Å². The second kappa shape index (κ2) is 17.2. The highest BCUT2D eigenvalue weighted by atomic mass is 16.5. The van der Waals surface area contributed by atoms with E-state index in [4.69, 9.17) is 9.47 Å². The Morgan fingerprint density at radius 1 is 0.483 bits per heavy atom. The fourth-order valence-electron chi connectivity index (χ4n) is 11.6. The Kier molecular flexibility index (Phi) is 12.5. The van der Waals surface area contributed by atoms with Crippen molar-refractivity contribution in [2.24, 2.45) is 11.8 Å². The molecule has 2 aliphatic carbocycles. The van der Waals surface area contributed by atoms with Gasteiger partial charge < -0.3 is 19.7 Å². The molecule has 2 N–H and O–H groups in total. The number of rotatable bonds is 12. The lowest BCUT2D eigenvalue weighted by Crippen LogP contribution is -2.40. The SMILES string of the molecule is COc1ccc(C2(c3ccc(OC)c(C)c3)CCC(C(C)(C)c3cccc(C(C)(C)C4CCC(c5ccc(CO)c(C)c5)(c5ccc(CO)c(C)c5)CC4)c3)CC2)cc1C. The van der Waals surface area contributed by atoms with E-state index in [1.54, 1.807) is 14.2 Å². The van der Waals surface area contributed by atoms with Crippen LogP contribution in [-0.4, -0.2) is 24.4 Å². The Hall–Kier alpha value is -4.38. The van der Waals surface area contributed by atoms with Crippen molar-refractivity contribution >= 4 is 0 Å². The first-order valence-electron chi connectivity index (χ1n) is 22.5. The molecule has 0 radical (unpaired) electrons. The lowest BCUT2D eigenvalue weighted by Gasteiger charge is -2.47. The number of ether oxygens (including phenoxy) is 2. The highest BCUT2D eigenvalue weighted by Crippen LogP contribution is 2.54. The molecule has 7 rings (SSSR count). The topological polar surface area (TPSA) is 58.9 Å². The van der Waals surface area contributed by atoms with E-state index in [1.165, 1.54) is 44.5 Å². The van der Waals surface area contributed by atoms with E-state index in [-0.39, 0.29) is 34.9 Å². The monoisotopic (exact) mass is 807 g/mol. The molecule has 0 saturated heterocycles. The molecule has 2 saturated carbocycles. The highest BCUT2D eigenvalue weighted by molar-refractivity contribution is 5.50. The van der Waals surface area contributed by atoms with Gasteiger partial charge in [-0.05, 0) is 181 Å². The lowest BCUT2D eigenvalue weighted by molar-refractivity contribution is 0.184. The molecule has 0 aromatic heterocycles. The molecule has 0 amide bonds. The third kappa shape index (κ3) is 7.84. The quantitative estimate of drug-likeness (QED) is 0.132. The van der Waals surface area contributed by atoms with Crippen molar-refractivity contribution in [2.45, 2.75) is 142 Å². The molecule has 4 nitrogen and oxygen atoms in total. The molecule has 60 heavy (non-hydrogen) atoms. The highest BCUT2D eigenvalue weighted by Gasteiger charge is 2.46. The van der Waals surface area contributed by atoms with Gasteiger partial charge in [-0.15, -0.1) is 0 Å². The molecule has 5 aromatic carbocycles. The van der Waals surface area contributed by atoms with Crippen molar-refractivity contribution in [3.8, 4) is 11.5 Å². The Morgan fingerprint density at radius 2 is 0.817 bits per heavy atom. The predicted molar refractivity (Wildman–Crippen MR) is 248 cm³/mol. The summed E-state index contributed by atoms with van der Waals surface area (Å²) in [4.78, 5) is 0. The normalized spacial score (nSPS) is 17.4. The van der Waals surface area contributed by atoms with Crippen LogP contribution in [0.1, 0.15) is 146 Å². The van der Waals surface area contributed by atoms with Gasteiger partial charge in [-0.1, -0.05) is 113 Å². The van der Waals surface area contributed by atoms with Crippen LogP contribution in [0.25, 0.3) is 0 Å². The number of aryl methyl sites for hydroxylation is 4. The van der Waals surface area contributed by atoms with E-state index in [1.807, 2.05) is 0 Å². The molecule has 0 unspecified atom stereocenters. The van der Waals surface area contributed by atoms with Crippen molar-refractivity contribution in [1.82, 2.24) is 0 Å². The number of hydrogen-bond acceptors (Lipinski definition) is 4. The van der Waals surface area contributed by atoms with Crippen molar-refractivity contribution in [2.75, 3.05) is 14.2 Å². The van der Waals surface area contributed by atoms with E-state index in [9.17, 15) is 10.2 Å². The minimum Gasteiger partial charge on any atom is -0.496 e. The van der Waals surface area contributed by atoms with Gasteiger partial charge in [-0.2, -0.15) is 0 Å². The van der Waals surface area contributed by atoms with Crippen LogP contribution in [0, 0.1) is 39.5 Å². The maximum Gasteiger partial charge on any atom is 0.121 e. The van der Waals surface area contributed by atoms with Gasteiger partial charge in [0.05, 0.1) is 27.4 Å². The van der Waals surface area contributed by atoms with Crippen LogP contribution >= 0.6 is 0 Å². The van der Waals surface area contributed by atoms with E-state index in [0.717, 1.165) is 85.1 Å². The van der Waals surface area contributed by atoms with Crippen LogP contribution in [0.3, 0.4) is 0 Å². The Balaban J connectivity index is 1.14. The number of aliphatic hydroxyl groups excluding tert-OH is 2. The summed E-state index contributed by atoms with van der Waals surface area (Å²) in [7, 11) is 3.52. The first-order valence-corrected chi connectivity index (χ1v) is 22.5. The summed E-state index contributed by atoms with van der Waals surface area (Å²) in [5.74, 6) is 2.98. The number of methoxy groups -OCH3 is 2. The molecule has 5 aromatic rings. The third-order valence-corrected chi connectivity index (χ3v) is 16.1. The maximum atomic E-state index is 9.99. The third-order valence-electron chi connectivity index (χ3n) is 16.1. The Bertz CT molecular complexity index is 2030. The molecule has 4 heteroatoms. The molecule has 0 bridgehead atoms. The molecule has 2 aliphatic rings. The molecule has 0 spiro atoms. The van der Waals surface area contributed by atoms with Gasteiger partial charge in [-0.3, -0.25) is 0 Å². The second-order valence-electron chi connectivity index (χ2n) is 19.7. The summed E-state index contributed by atoms with van der Waals surface area (Å²) >= 11 is 0. The zero-order chi connectivity index (χ0) is 43.0. The minimum atomic E-state index is -0.112. The second-order valence-corrected chi connectivity index (χ2v) is 19.7. The molecule has 0 aliphatic heterocycles. The molecule has 318 valence electrons. The van der Waals surface area contributed by atoms with Crippen molar-refractivity contribution in [3.05, 3.63) is 164 Å². The number of benzene rings is 5. The Labute approximate surface area is 361 Å². The van der Waals surface area contributed by atoms with E-state index in [0.29, 0.717) is 11.8 Å².